The van der Waals surface area contributed by atoms with Gasteiger partial charge in [-0.2, -0.15) is 13.2 Å². The molecule has 0 fully saturated rings. The van der Waals surface area contributed by atoms with Crippen LogP contribution in [-0.2, 0) is 4.79 Å². The highest BCUT2D eigenvalue weighted by Crippen LogP contribution is 2.21. The van der Waals surface area contributed by atoms with Gasteiger partial charge in [0.05, 0.1) is 6.04 Å². The first-order valence-corrected chi connectivity index (χ1v) is 6.18. The van der Waals surface area contributed by atoms with Gasteiger partial charge in [0.2, 0.25) is 5.91 Å². The van der Waals surface area contributed by atoms with Crippen molar-refractivity contribution >= 4 is 24.0 Å². The predicted octanol–water partition coefficient (Wildman–Crippen LogP) is 3.12. The van der Waals surface area contributed by atoms with E-state index in [0.29, 0.717) is 12.1 Å². The zero-order valence-corrected chi connectivity index (χ0v) is 12.3. The number of hydrogen-bond acceptors (Lipinski definition) is 3. The lowest BCUT2D eigenvalue weighted by Crippen LogP contribution is -2.35. The molecule has 120 valence electrons. The molecule has 0 aliphatic rings. The van der Waals surface area contributed by atoms with Crippen LogP contribution in [0.4, 0.5) is 18.9 Å². The summed E-state index contributed by atoms with van der Waals surface area (Å²) in [4.78, 5) is 11.7. The Kier molecular flexibility index (Phi) is 8.12. The lowest BCUT2D eigenvalue weighted by molar-refractivity contribution is -0.153. The molecule has 1 rings (SSSR count). The van der Waals surface area contributed by atoms with E-state index >= 15 is 0 Å². The summed E-state index contributed by atoms with van der Waals surface area (Å²) in [5, 5.41) is 2.54. The number of halogens is 4. The summed E-state index contributed by atoms with van der Waals surface area (Å²) in [5.74, 6) is -0.344. The number of benzene rings is 1. The van der Waals surface area contributed by atoms with E-state index < -0.39 is 18.8 Å². The molecule has 0 bridgehead atoms. The number of hydrogen-bond donors (Lipinski definition) is 2. The first-order chi connectivity index (χ1) is 9.31. The molecule has 0 aromatic heterocycles. The standard InChI is InChI=1S/C13H17F3N2O2.ClH/c1-2-4-11(17)12(19)18-9-5-3-6-10(7-9)20-8-13(14,15)16;/h3,5-7,11H,2,4,8,17H2,1H3,(H,18,19);1H. The Morgan fingerprint density at radius 1 is 1.43 bits per heavy atom. The summed E-state index contributed by atoms with van der Waals surface area (Å²) in [6.07, 6.45) is -3.10. The number of alkyl halides is 3. The van der Waals surface area contributed by atoms with Gasteiger partial charge in [0.15, 0.2) is 6.61 Å². The van der Waals surface area contributed by atoms with Gasteiger partial charge in [0.1, 0.15) is 5.75 Å². The van der Waals surface area contributed by atoms with E-state index in [0.717, 1.165) is 6.42 Å². The summed E-state index contributed by atoms with van der Waals surface area (Å²) < 4.78 is 40.7. The zero-order valence-electron chi connectivity index (χ0n) is 11.4. The largest absolute Gasteiger partial charge is 0.484 e. The minimum Gasteiger partial charge on any atom is -0.484 e. The van der Waals surface area contributed by atoms with Gasteiger partial charge in [-0.25, -0.2) is 0 Å². The lowest BCUT2D eigenvalue weighted by Gasteiger charge is -2.13. The van der Waals surface area contributed by atoms with E-state index in [2.05, 4.69) is 10.1 Å². The molecule has 0 aliphatic heterocycles. The van der Waals surface area contributed by atoms with Crippen LogP contribution in [0, 0.1) is 0 Å². The maximum absolute atomic E-state index is 12.0. The number of nitrogens with one attached hydrogen (secondary N) is 1. The average molecular weight is 327 g/mol. The minimum absolute atomic E-state index is 0. The van der Waals surface area contributed by atoms with Crippen molar-refractivity contribution < 1.29 is 22.7 Å². The molecule has 1 aromatic carbocycles. The topological polar surface area (TPSA) is 64.4 Å². The average Bonchev–Trinajstić information content (AvgIpc) is 2.36. The van der Waals surface area contributed by atoms with Gasteiger partial charge >= 0.3 is 6.18 Å². The fraction of sp³-hybridized carbons (Fsp3) is 0.462. The number of amides is 1. The lowest BCUT2D eigenvalue weighted by atomic mass is 10.1. The van der Waals surface area contributed by atoms with Crippen LogP contribution < -0.4 is 15.8 Å². The van der Waals surface area contributed by atoms with Gasteiger partial charge in [-0.05, 0) is 18.6 Å². The van der Waals surface area contributed by atoms with Crippen LogP contribution >= 0.6 is 12.4 Å². The third-order valence-corrected chi connectivity index (χ3v) is 2.44. The Morgan fingerprint density at radius 3 is 2.67 bits per heavy atom. The molecule has 1 aromatic rings. The van der Waals surface area contributed by atoms with E-state index in [4.69, 9.17) is 5.73 Å². The summed E-state index contributed by atoms with van der Waals surface area (Å²) in [7, 11) is 0. The molecule has 4 nitrogen and oxygen atoms in total. The van der Waals surface area contributed by atoms with E-state index in [1.165, 1.54) is 18.2 Å². The maximum atomic E-state index is 12.0. The van der Waals surface area contributed by atoms with E-state index in [1.54, 1.807) is 6.07 Å². The number of rotatable bonds is 6. The van der Waals surface area contributed by atoms with Crippen molar-refractivity contribution in [1.82, 2.24) is 0 Å². The second kappa shape index (κ2) is 8.74. The van der Waals surface area contributed by atoms with Gasteiger partial charge in [0.25, 0.3) is 0 Å². The van der Waals surface area contributed by atoms with Crippen LogP contribution in [0.15, 0.2) is 24.3 Å². The van der Waals surface area contributed by atoms with Crippen LogP contribution in [-0.4, -0.2) is 24.7 Å². The Balaban J connectivity index is 0.00000400. The van der Waals surface area contributed by atoms with Gasteiger partial charge in [0, 0.05) is 11.8 Å². The van der Waals surface area contributed by atoms with Crippen molar-refractivity contribution in [3.05, 3.63) is 24.3 Å². The Hall–Kier alpha value is -1.47. The molecule has 0 spiro atoms. The summed E-state index contributed by atoms with van der Waals surface area (Å²) in [6, 6.07) is 5.11. The predicted molar refractivity (Wildman–Crippen MR) is 76.8 cm³/mol. The summed E-state index contributed by atoms with van der Waals surface area (Å²) in [5.41, 5.74) is 5.99. The van der Waals surface area contributed by atoms with Crippen LogP contribution in [0.2, 0.25) is 0 Å². The highest BCUT2D eigenvalue weighted by Gasteiger charge is 2.28. The molecule has 21 heavy (non-hydrogen) atoms. The van der Waals surface area contributed by atoms with Crippen molar-refractivity contribution in [3.8, 4) is 5.75 Å². The monoisotopic (exact) mass is 326 g/mol. The summed E-state index contributed by atoms with van der Waals surface area (Å²) >= 11 is 0. The van der Waals surface area contributed by atoms with E-state index in [1.807, 2.05) is 6.92 Å². The fourth-order valence-electron chi connectivity index (χ4n) is 1.51. The molecule has 0 saturated carbocycles. The molecule has 0 radical (unpaired) electrons. The van der Waals surface area contributed by atoms with Gasteiger partial charge in [-0.3, -0.25) is 4.79 Å². The molecule has 0 aliphatic carbocycles. The van der Waals surface area contributed by atoms with Crippen molar-refractivity contribution in [3.63, 3.8) is 0 Å². The maximum Gasteiger partial charge on any atom is 0.422 e. The zero-order chi connectivity index (χ0) is 15.2. The van der Waals surface area contributed by atoms with Crippen LogP contribution in [0.5, 0.6) is 5.75 Å². The molecule has 1 amide bonds. The van der Waals surface area contributed by atoms with Gasteiger partial charge < -0.3 is 15.8 Å². The number of ether oxygens (including phenoxy) is 1. The Morgan fingerprint density at radius 2 is 2.10 bits per heavy atom. The molecule has 1 atom stereocenters. The van der Waals surface area contributed by atoms with Crippen molar-refractivity contribution in [2.24, 2.45) is 5.73 Å². The molecular weight excluding hydrogens is 309 g/mol. The first kappa shape index (κ1) is 19.5. The Bertz CT molecular complexity index is 455. The first-order valence-electron chi connectivity index (χ1n) is 6.18. The highest BCUT2D eigenvalue weighted by atomic mass is 35.5. The number of carbonyl (C=O) groups excluding carboxylic acids is 1. The molecule has 0 heterocycles. The van der Waals surface area contributed by atoms with E-state index in [9.17, 15) is 18.0 Å². The quantitative estimate of drug-likeness (QED) is 0.844. The molecule has 8 heteroatoms. The molecule has 1 unspecified atom stereocenters. The smallest absolute Gasteiger partial charge is 0.422 e. The van der Waals surface area contributed by atoms with Crippen molar-refractivity contribution in [2.45, 2.75) is 32.0 Å². The van der Waals surface area contributed by atoms with Crippen LogP contribution in [0.1, 0.15) is 19.8 Å². The third-order valence-electron chi connectivity index (χ3n) is 2.44. The minimum atomic E-state index is -4.40. The third kappa shape index (κ3) is 7.77. The fourth-order valence-corrected chi connectivity index (χ4v) is 1.51. The van der Waals surface area contributed by atoms with Crippen molar-refractivity contribution in [2.75, 3.05) is 11.9 Å². The molecule has 3 N–H and O–H groups in total. The molecule has 0 saturated heterocycles. The van der Waals surface area contributed by atoms with E-state index in [-0.39, 0.29) is 24.1 Å². The Labute approximate surface area is 127 Å². The normalized spacial score (nSPS) is 12.2. The second-order valence-corrected chi connectivity index (χ2v) is 4.32. The summed E-state index contributed by atoms with van der Waals surface area (Å²) in [6.45, 7) is 0.526. The number of nitrogens with two attached hydrogens (primary N) is 1. The van der Waals surface area contributed by atoms with Gasteiger partial charge in [-0.15, -0.1) is 12.4 Å². The molecular formula is C13H18ClF3N2O2. The second-order valence-electron chi connectivity index (χ2n) is 4.32. The SMILES string of the molecule is CCCC(N)C(=O)Nc1cccc(OCC(F)(F)F)c1.Cl. The van der Waals surface area contributed by atoms with Crippen LogP contribution in [0.25, 0.3) is 0 Å². The highest BCUT2D eigenvalue weighted by molar-refractivity contribution is 5.94. The van der Waals surface area contributed by atoms with Crippen molar-refractivity contribution in [1.29, 1.82) is 0 Å². The number of anilines is 1. The number of carbonyl (C=O) groups is 1. The van der Waals surface area contributed by atoms with Gasteiger partial charge in [-0.1, -0.05) is 19.4 Å². The van der Waals surface area contributed by atoms with Crippen LogP contribution in [0.3, 0.4) is 0 Å².